The van der Waals surface area contributed by atoms with Crippen LogP contribution in [0.4, 0.5) is 14.5 Å². The monoisotopic (exact) mass is 367 g/mol. The van der Waals surface area contributed by atoms with Gasteiger partial charge in [-0.05, 0) is 30.3 Å². The first kappa shape index (κ1) is 16.1. The molecule has 1 heterocycles. The van der Waals surface area contributed by atoms with Crippen LogP contribution in [0.1, 0.15) is 5.56 Å². The molecule has 1 aliphatic heterocycles. The zero-order valence-corrected chi connectivity index (χ0v) is 13.8. The molecule has 0 aliphatic carbocycles. The van der Waals surface area contributed by atoms with E-state index in [0.717, 1.165) is 16.7 Å². The van der Waals surface area contributed by atoms with Crippen LogP contribution in [0, 0.1) is 11.6 Å². The summed E-state index contributed by atoms with van der Waals surface area (Å²) in [6.45, 7) is 0. The number of thioether (sulfide) groups is 1. The van der Waals surface area contributed by atoms with Gasteiger partial charge < -0.3 is 0 Å². The van der Waals surface area contributed by atoms with Crippen molar-refractivity contribution in [2.45, 2.75) is 0 Å². The van der Waals surface area contributed by atoms with Gasteiger partial charge in [0.2, 0.25) is 0 Å². The number of benzene rings is 2. The molecule has 2 nitrogen and oxygen atoms in total. The van der Waals surface area contributed by atoms with Crippen molar-refractivity contribution in [3.05, 3.63) is 69.6 Å². The number of halogens is 3. The molecule has 1 saturated heterocycles. The highest BCUT2D eigenvalue weighted by Crippen LogP contribution is 2.37. The normalized spacial score (nSPS) is 16.5. The quantitative estimate of drug-likeness (QED) is 0.549. The number of thiocarbonyl (C=S) groups is 1. The van der Waals surface area contributed by atoms with Crippen molar-refractivity contribution in [1.82, 2.24) is 0 Å². The van der Waals surface area contributed by atoms with Gasteiger partial charge in [0.15, 0.2) is 4.32 Å². The average Bonchev–Trinajstić information content (AvgIpc) is 2.78. The minimum Gasteiger partial charge on any atom is -0.268 e. The van der Waals surface area contributed by atoms with Gasteiger partial charge in [0.1, 0.15) is 11.6 Å². The molecular weight excluding hydrogens is 360 g/mol. The van der Waals surface area contributed by atoms with E-state index in [4.69, 9.17) is 23.8 Å². The van der Waals surface area contributed by atoms with Gasteiger partial charge in [0, 0.05) is 5.56 Å². The molecule has 7 heteroatoms. The van der Waals surface area contributed by atoms with Gasteiger partial charge in [-0.15, -0.1) is 0 Å². The van der Waals surface area contributed by atoms with Gasteiger partial charge in [-0.3, -0.25) is 9.69 Å². The fourth-order valence-electron chi connectivity index (χ4n) is 2.09. The number of nitrogens with zero attached hydrogens (tertiary/aromatic N) is 1. The van der Waals surface area contributed by atoms with Crippen molar-refractivity contribution in [2.24, 2.45) is 0 Å². The van der Waals surface area contributed by atoms with Crippen LogP contribution >= 0.6 is 35.6 Å². The Hall–Kier alpha value is -1.76. The first-order chi connectivity index (χ1) is 11.0. The Morgan fingerprint density at radius 1 is 1.09 bits per heavy atom. The van der Waals surface area contributed by atoms with Crippen LogP contribution in [0.15, 0.2) is 47.4 Å². The highest BCUT2D eigenvalue weighted by molar-refractivity contribution is 8.27. The second kappa shape index (κ2) is 6.39. The Balaban J connectivity index is 2.02. The van der Waals surface area contributed by atoms with Crippen LogP contribution in [0.5, 0.6) is 0 Å². The highest BCUT2D eigenvalue weighted by atomic mass is 35.5. The first-order valence-electron chi connectivity index (χ1n) is 6.45. The summed E-state index contributed by atoms with van der Waals surface area (Å²) in [7, 11) is 0. The van der Waals surface area contributed by atoms with E-state index in [-0.39, 0.29) is 25.5 Å². The van der Waals surface area contributed by atoms with Crippen molar-refractivity contribution >= 4 is 57.6 Å². The predicted molar refractivity (Wildman–Crippen MR) is 93.5 cm³/mol. The Bertz CT molecular complexity index is 833. The summed E-state index contributed by atoms with van der Waals surface area (Å²) in [5, 5.41) is 0.182. The zero-order chi connectivity index (χ0) is 16.6. The molecular formula is C16H8ClF2NOS2. The number of para-hydroxylation sites is 1. The van der Waals surface area contributed by atoms with E-state index in [1.807, 2.05) is 0 Å². The fraction of sp³-hybridized carbons (Fsp3) is 0. The molecule has 0 aromatic heterocycles. The van der Waals surface area contributed by atoms with Crippen molar-refractivity contribution in [3.8, 4) is 0 Å². The Kier molecular flexibility index (Phi) is 4.48. The topological polar surface area (TPSA) is 20.3 Å². The summed E-state index contributed by atoms with van der Waals surface area (Å²) in [5.41, 5.74) is 0.168. The van der Waals surface area contributed by atoms with Crippen LogP contribution in [0.3, 0.4) is 0 Å². The smallest absolute Gasteiger partial charge is 0.268 e. The van der Waals surface area contributed by atoms with E-state index in [2.05, 4.69) is 0 Å². The molecule has 0 radical (unpaired) electrons. The van der Waals surface area contributed by atoms with Crippen molar-refractivity contribution in [1.29, 1.82) is 0 Å². The molecule has 23 heavy (non-hydrogen) atoms. The Morgan fingerprint density at radius 3 is 2.48 bits per heavy atom. The highest BCUT2D eigenvalue weighted by Gasteiger charge is 2.35. The summed E-state index contributed by atoms with van der Waals surface area (Å²) in [4.78, 5) is 13.8. The number of carbonyl (C=O) groups excluding carboxylic acids is 1. The molecule has 1 aliphatic rings. The lowest BCUT2D eigenvalue weighted by Gasteiger charge is -2.14. The molecule has 0 saturated carbocycles. The molecule has 0 bridgehead atoms. The number of anilines is 1. The second-order valence-electron chi connectivity index (χ2n) is 4.60. The van der Waals surface area contributed by atoms with E-state index in [9.17, 15) is 13.6 Å². The lowest BCUT2D eigenvalue weighted by Crippen LogP contribution is -2.28. The third-order valence-corrected chi connectivity index (χ3v) is 4.79. The van der Waals surface area contributed by atoms with Gasteiger partial charge in [-0.2, -0.15) is 0 Å². The van der Waals surface area contributed by atoms with Crippen LogP contribution in [-0.2, 0) is 4.79 Å². The third kappa shape index (κ3) is 3.02. The van der Waals surface area contributed by atoms with Crippen LogP contribution < -0.4 is 4.90 Å². The molecule has 1 fully saturated rings. The van der Waals surface area contributed by atoms with E-state index in [1.165, 1.54) is 42.5 Å². The van der Waals surface area contributed by atoms with Gasteiger partial charge >= 0.3 is 0 Å². The van der Waals surface area contributed by atoms with Gasteiger partial charge in [0.25, 0.3) is 5.91 Å². The van der Waals surface area contributed by atoms with Crippen LogP contribution in [0.2, 0.25) is 5.02 Å². The number of rotatable bonds is 2. The Morgan fingerprint density at radius 2 is 1.78 bits per heavy atom. The minimum absolute atomic E-state index is 0.0676. The van der Waals surface area contributed by atoms with Crippen LogP contribution in [0.25, 0.3) is 6.08 Å². The summed E-state index contributed by atoms with van der Waals surface area (Å²) in [6, 6.07) is 10.1. The summed E-state index contributed by atoms with van der Waals surface area (Å²) < 4.78 is 27.9. The molecule has 0 unspecified atom stereocenters. The second-order valence-corrected chi connectivity index (χ2v) is 6.69. The molecule has 0 atom stereocenters. The zero-order valence-electron chi connectivity index (χ0n) is 11.4. The average molecular weight is 368 g/mol. The molecule has 2 aromatic carbocycles. The summed E-state index contributed by atoms with van der Waals surface area (Å²) >= 11 is 12.1. The predicted octanol–water partition coefficient (Wildman–Crippen LogP) is 5.02. The molecule has 3 rings (SSSR count). The molecule has 1 amide bonds. The molecule has 0 N–H and O–H groups in total. The molecule has 116 valence electrons. The standard InChI is InChI=1S/C16H8ClF2NOS2/c17-10-4-3-6-11(18)9(10)8-14-15(21)20(16(22)23-14)13-7-2-1-5-12(13)19/h1-8H/b14-8+. The van der Waals surface area contributed by atoms with Crippen molar-refractivity contribution in [3.63, 3.8) is 0 Å². The van der Waals surface area contributed by atoms with E-state index < -0.39 is 17.5 Å². The minimum atomic E-state index is -0.561. The van der Waals surface area contributed by atoms with E-state index in [1.54, 1.807) is 6.07 Å². The third-order valence-electron chi connectivity index (χ3n) is 3.16. The maximum absolute atomic E-state index is 13.9. The summed E-state index contributed by atoms with van der Waals surface area (Å²) in [5.74, 6) is -1.62. The summed E-state index contributed by atoms with van der Waals surface area (Å²) in [6.07, 6.45) is 1.33. The van der Waals surface area contributed by atoms with Gasteiger partial charge in [0.05, 0.1) is 15.6 Å². The van der Waals surface area contributed by atoms with Crippen LogP contribution in [-0.4, -0.2) is 10.2 Å². The van der Waals surface area contributed by atoms with E-state index >= 15 is 0 Å². The lowest BCUT2D eigenvalue weighted by molar-refractivity contribution is -0.113. The molecule has 2 aromatic rings. The van der Waals surface area contributed by atoms with Crippen molar-refractivity contribution in [2.75, 3.05) is 4.90 Å². The number of hydrogen-bond donors (Lipinski definition) is 0. The van der Waals surface area contributed by atoms with Crippen molar-refractivity contribution < 1.29 is 13.6 Å². The van der Waals surface area contributed by atoms with Gasteiger partial charge in [-0.1, -0.05) is 53.8 Å². The number of carbonyl (C=O) groups is 1. The maximum Gasteiger partial charge on any atom is 0.270 e. The lowest BCUT2D eigenvalue weighted by atomic mass is 10.2. The number of hydrogen-bond acceptors (Lipinski definition) is 3. The SMILES string of the molecule is O=C1/C(=C\c2c(F)cccc2Cl)SC(=S)N1c1ccccc1F. The fourth-order valence-corrected chi connectivity index (χ4v) is 3.57. The Labute approximate surface area is 145 Å². The largest absolute Gasteiger partial charge is 0.270 e. The maximum atomic E-state index is 13.9. The molecule has 0 spiro atoms. The van der Waals surface area contributed by atoms with E-state index in [0.29, 0.717) is 0 Å². The first-order valence-corrected chi connectivity index (χ1v) is 8.06. The van der Waals surface area contributed by atoms with Gasteiger partial charge in [-0.25, -0.2) is 8.78 Å². The number of amides is 1.